The van der Waals surface area contributed by atoms with Crippen LogP contribution in [0.25, 0.3) is 0 Å². The van der Waals surface area contributed by atoms with Gasteiger partial charge in [0.2, 0.25) is 0 Å². The van der Waals surface area contributed by atoms with Gasteiger partial charge < -0.3 is 5.73 Å². The van der Waals surface area contributed by atoms with Crippen molar-refractivity contribution in [1.82, 2.24) is 14.8 Å². The number of nitrogens with two attached hydrogens (primary N) is 1. The molecule has 4 nitrogen and oxygen atoms in total. The number of halogens is 2. The van der Waals surface area contributed by atoms with Crippen molar-refractivity contribution in [2.24, 2.45) is 0 Å². The minimum atomic E-state index is 0.472. The molecule has 0 fully saturated rings. The maximum absolute atomic E-state index is 5.97. The molecule has 0 aliphatic carbocycles. The Morgan fingerprint density at radius 1 is 1.53 bits per heavy atom. The van der Waals surface area contributed by atoms with E-state index in [4.69, 9.17) is 17.3 Å². The van der Waals surface area contributed by atoms with Gasteiger partial charge in [0.05, 0.1) is 16.0 Å². The van der Waals surface area contributed by atoms with E-state index in [1.165, 1.54) is 0 Å². The van der Waals surface area contributed by atoms with Crippen LogP contribution in [-0.4, -0.2) is 14.8 Å². The van der Waals surface area contributed by atoms with Crippen molar-refractivity contribution in [2.45, 2.75) is 6.54 Å². The van der Waals surface area contributed by atoms with E-state index in [1.54, 1.807) is 17.1 Å². The zero-order chi connectivity index (χ0) is 10.8. The Labute approximate surface area is 100 Å². The van der Waals surface area contributed by atoms with Crippen molar-refractivity contribution in [3.05, 3.63) is 39.7 Å². The molecule has 0 aliphatic rings. The summed E-state index contributed by atoms with van der Waals surface area (Å²) in [6.07, 6.45) is 5.12. The van der Waals surface area contributed by atoms with Gasteiger partial charge in [-0.1, -0.05) is 11.6 Å². The van der Waals surface area contributed by atoms with Crippen molar-refractivity contribution < 1.29 is 0 Å². The summed E-state index contributed by atoms with van der Waals surface area (Å²) in [5.74, 6) is 0.472. The lowest BCUT2D eigenvalue weighted by atomic mass is 10.3. The number of anilines is 1. The fourth-order valence-electron chi connectivity index (χ4n) is 1.20. The zero-order valence-corrected chi connectivity index (χ0v) is 10.0. The molecule has 2 heterocycles. The second-order valence-corrected chi connectivity index (χ2v) is 4.29. The summed E-state index contributed by atoms with van der Waals surface area (Å²) in [7, 11) is 0. The molecular weight excluding hydrogens is 279 g/mol. The van der Waals surface area contributed by atoms with Crippen molar-refractivity contribution in [1.29, 1.82) is 0 Å². The van der Waals surface area contributed by atoms with Gasteiger partial charge in [-0.25, -0.2) is 0 Å². The quantitative estimate of drug-likeness (QED) is 0.922. The maximum Gasteiger partial charge on any atom is 0.159 e. The maximum atomic E-state index is 5.97. The predicted molar refractivity (Wildman–Crippen MR) is 62.7 cm³/mol. The van der Waals surface area contributed by atoms with Crippen molar-refractivity contribution in [2.75, 3.05) is 5.73 Å². The first kappa shape index (κ1) is 10.4. The molecule has 0 aromatic carbocycles. The summed E-state index contributed by atoms with van der Waals surface area (Å²) in [5.41, 5.74) is 6.57. The van der Waals surface area contributed by atoms with Gasteiger partial charge >= 0.3 is 0 Å². The number of nitrogen functional groups attached to an aromatic ring is 1. The molecule has 0 saturated heterocycles. The van der Waals surface area contributed by atoms with E-state index >= 15 is 0 Å². The number of hydrogen-bond donors (Lipinski definition) is 1. The summed E-state index contributed by atoms with van der Waals surface area (Å²) in [4.78, 5) is 3.91. The minimum Gasteiger partial charge on any atom is -0.381 e. The molecule has 0 atom stereocenters. The summed E-state index contributed by atoms with van der Waals surface area (Å²) < 4.78 is 2.51. The highest BCUT2D eigenvalue weighted by molar-refractivity contribution is 9.10. The Bertz CT molecular complexity index is 463. The fourth-order valence-corrected chi connectivity index (χ4v) is 1.69. The van der Waals surface area contributed by atoms with E-state index in [-0.39, 0.29) is 0 Å². The van der Waals surface area contributed by atoms with Gasteiger partial charge in [-0.3, -0.25) is 9.67 Å². The van der Waals surface area contributed by atoms with Crippen LogP contribution in [0.2, 0.25) is 5.02 Å². The first-order valence-corrected chi connectivity index (χ1v) is 5.40. The Hall–Kier alpha value is -1.07. The third-order valence-electron chi connectivity index (χ3n) is 1.93. The molecule has 0 amide bonds. The lowest BCUT2D eigenvalue weighted by Gasteiger charge is -2.02. The van der Waals surface area contributed by atoms with Crippen LogP contribution in [-0.2, 0) is 6.54 Å². The number of hydrogen-bond acceptors (Lipinski definition) is 3. The molecular formula is C9H8BrClN4. The Kier molecular flexibility index (Phi) is 2.93. The second kappa shape index (κ2) is 4.20. The molecule has 2 aromatic heterocycles. The molecule has 0 radical (unpaired) electrons. The lowest BCUT2D eigenvalue weighted by molar-refractivity contribution is 0.689. The van der Waals surface area contributed by atoms with Crippen LogP contribution in [0.1, 0.15) is 5.56 Å². The summed E-state index contributed by atoms with van der Waals surface area (Å²) in [5, 5.41) is 4.74. The third kappa shape index (κ3) is 2.30. The SMILES string of the molecule is Nc1nn(Cc2ccncc2Cl)cc1Br. The highest BCUT2D eigenvalue weighted by atomic mass is 79.9. The molecule has 2 N–H and O–H groups in total. The fraction of sp³-hybridized carbons (Fsp3) is 0.111. The van der Waals surface area contributed by atoms with Gasteiger partial charge in [-0.2, -0.15) is 5.10 Å². The van der Waals surface area contributed by atoms with Gasteiger partial charge in [0.1, 0.15) is 0 Å². The molecule has 6 heteroatoms. The Balaban J connectivity index is 2.26. The molecule has 0 bridgehead atoms. The number of aromatic nitrogens is 3. The van der Waals surface area contributed by atoms with Crippen molar-refractivity contribution in [3.63, 3.8) is 0 Å². The standard InChI is InChI=1S/C9H8BrClN4/c10-7-5-15(14-9(7)12)4-6-1-2-13-3-8(6)11/h1-3,5H,4H2,(H2,12,14). The summed E-state index contributed by atoms with van der Waals surface area (Å²) >= 11 is 9.27. The van der Waals surface area contributed by atoms with Crippen LogP contribution in [0.5, 0.6) is 0 Å². The average Bonchev–Trinajstić information content (AvgIpc) is 2.50. The molecule has 0 saturated carbocycles. The van der Waals surface area contributed by atoms with E-state index in [0.717, 1.165) is 10.0 Å². The second-order valence-electron chi connectivity index (χ2n) is 3.03. The van der Waals surface area contributed by atoms with Gasteiger partial charge in [0, 0.05) is 18.6 Å². The van der Waals surface area contributed by atoms with Gasteiger partial charge in [-0.15, -0.1) is 0 Å². The Morgan fingerprint density at radius 2 is 2.33 bits per heavy atom. The first-order valence-electron chi connectivity index (χ1n) is 4.23. The zero-order valence-electron chi connectivity index (χ0n) is 7.69. The van der Waals surface area contributed by atoms with Gasteiger partial charge in [-0.05, 0) is 27.6 Å². The molecule has 15 heavy (non-hydrogen) atoms. The average molecular weight is 288 g/mol. The van der Waals surface area contributed by atoms with Gasteiger partial charge in [0.25, 0.3) is 0 Å². The smallest absolute Gasteiger partial charge is 0.159 e. The lowest BCUT2D eigenvalue weighted by Crippen LogP contribution is -2.01. The minimum absolute atomic E-state index is 0.472. The Morgan fingerprint density at radius 3 is 2.93 bits per heavy atom. The number of nitrogens with zero attached hydrogens (tertiary/aromatic N) is 3. The monoisotopic (exact) mass is 286 g/mol. The van der Waals surface area contributed by atoms with E-state index in [9.17, 15) is 0 Å². The molecule has 0 unspecified atom stereocenters. The van der Waals surface area contributed by atoms with Crippen LogP contribution in [0.4, 0.5) is 5.82 Å². The van der Waals surface area contributed by atoms with Crippen LogP contribution in [0.3, 0.4) is 0 Å². The molecule has 0 aliphatic heterocycles. The topological polar surface area (TPSA) is 56.7 Å². The molecule has 0 spiro atoms. The van der Waals surface area contributed by atoms with E-state index in [2.05, 4.69) is 26.0 Å². The summed E-state index contributed by atoms with van der Waals surface area (Å²) in [6, 6.07) is 1.86. The first-order chi connectivity index (χ1) is 7.16. The van der Waals surface area contributed by atoms with Crippen LogP contribution < -0.4 is 5.73 Å². The van der Waals surface area contributed by atoms with Crippen LogP contribution in [0.15, 0.2) is 29.1 Å². The highest BCUT2D eigenvalue weighted by Crippen LogP contribution is 2.19. The molecule has 2 aromatic rings. The third-order valence-corrected chi connectivity index (χ3v) is 2.88. The summed E-state index contributed by atoms with van der Waals surface area (Å²) in [6.45, 7) is 0.581. The van der Waals surface area contributed by atoms with E-state index in [0.29, 0.717) is 17.4 Å². The van der Waals surface area contributed by atoms with Crippen LogP contribution >= 0.6 is 27.5 Å². The predicted octanol–water partition coefficient (Wildman–Crippen LogP) is 2.32. The number of pyridine rings is 1. The largest absolute Gasteiger partial charge is 0.381 e. The van der Waals surface area contributed by atoms with Crippen LogP contribution in [0, 0.1) is 0 Å². The highest BCUT2D eigenvalue weighted by Gasteiger charge is 2.05. The molecule has 2 rings (SSSR count). The molecule has 78 valence electrons. The van der Waals surface area contributed by atoms with E-state index in [1.807, 2.05) is 12.3 Å². The number of rotatable bonds is 2. The van der Waals surface area contributed by atoms with Gasteiger partial charge in [0.15, 0.2) is 5.82 Å². The normalized spacial score (nSPS) is 10.5. The van der Waals surface area contributed by atoms with E-state index < -0.39 is 0 Å². The van der Waals surface area contributed by atoms with Crippen molar-refractivity contribution >= 4 is 33.3 Å². The van der Waals surface area contributed by atoms with Crippen molar-refractivity contribution in [3.8, 4) is 0 Å².